The molecule has 0 aromatic heterocycles. The third-order valence-corrected chi connectivity index (χ3v) is 13.2. The molecule has 0 saturated heterocycles. The number of benzene rings is 9. The Kier molecular flexibility index (Phi) is 8.33. The van der Waals surface area contributed by atoms with Crippen molar-refractivity contribution in [3.05, 3.63) is 276 Å². The smallest absolute Gasteiger partial charge is 0.156 e. The standard InChI is InChI=1S/C60H40N2/c1-39-57(45-17-6-3-7-18-45)61-59(47-37-31-41(32-38-47)40-15-4-2-5-16-40)62-58(39)46-35-29-43(30-36-46)42-27-33-44(34-28-42)48-22-14-26-55-56(48)51-21-10-13-25-54(51)60(55)52-23-11-8-19-49(52)50-20-9-12-24-53(50)60/h2-38,58H,1H2. The van der Waals surface area contributed by atoms with Crippen LogP contribution in [0.5, 0.6) is 0 Å². The van der Waals surface area contributed by atoms with Crippen molar-refractivity contribution in [1.29, 1.82) is 0 Å². The van der Waals surface area contributed by atoms with Crippen LogP contribution in [-0.2, 0) is 5.41 Å². The Bertz CT molecular complexity index is 3220. The van der Waals surface area contributed by atoms with E-state index in [4.69, 9.17) is 9.98 Å². The number of amidine groups is 1. The van der Waals surface area contributed by atoms with Crippen LogP contribution >= 0.6 is 0 Å². The highest BCUT2D eigenvalue weighted by atomic mass is 15.0. The highest BCUT2D eigenvalue weighted by Crippen LogP contribution is 2.63. The first-order valence-electron chi connectivity index (χ1n) is 21.4. The zero-order valence-electron chi connectivity index (χ0n) is 34.0. The molecule has 1 aliphatic heterocycles. The van der Waals surface area contributed by atoms with E-state index in [0.29, 0.717) is 5.84 Å². The molecule has 0 bridgehead atoms. The molecule has 0 N–H and O–H groups in total. The van der Waals surface area contributed by atoms with Crippen LogP contribution < -0.4 is 0 Å². The van der Waals surface area contributed by atoms with Gasteiger partial charge in [-0.2, -0.15) is 0 Å². The molecule has 1 spiro atoms. The van der Waals surface area contributed by atoms with Crippen molar-refractivity contribution in [2.24, 2.45) is 9.98 Å². The van der Waals surface area contributed by atoms with Gasteiger partial charge in [-0.15, -0.1) is 0 Å². The number of nitrogens with zero attached hydrogens (tertiary/aromatic N) is 2. The summed E-state index contributed by atoms with van der Waals surface area (Å²) in [6.45, 7) is 4.58. The molecule has 0 saturated carbocycles. The number of hydrogen-bond acceptors (Lipinski definition) is 2. The first-order chi connectivity index (χ1) is 30.7. The maximum atomic E-state index is 5.25. The predicted octanol–water partition coefficient (Wildman–Crippen LogP) is 14.6. The van der Waals surface area contributed by atoms with Gasteiger partial charge in [0.15, 0.2) is 5.84 Å². The van der Waals surface area contributed by atoms with E-state index in [0.717, 1.165) is 39.1 Å². The van der Waals surface area contributed by atoms with E-state index in [2.05, 4.69) is 219 Å². The third kappa shape index (κ3) is 5.50. The second-order valence-electron chi connectivity index (χ2n) is 16.5. The number of rotatable bonds is 6. The van der Waals surface area contributed by atoms with Crippen molar-refractivity contribution < 1.29 is 0 Å². The van der Waals surface area contributed by atoms with Crippen LogP contribution in [0.15, 0.2) is 247 Å². The molecular formula is C60H40N2. The average molecular weight is 789 g/mol. The topological polar surface area (TPSA) is 24.7 Å². The summed E-state index contributed by atoms with van der Waals surface area (Å²) in [4.78, 5) is 10.4. The SMILES string of the molecule is C=C1C(c2ccccc2)=NC(c2ccc(-c3ccccc3)cc2)=NC1c1ccc(-c2ccc(-c3cccc4c3-c3ccccc3C43c4ccccc4-c4ccccc43)cc2)cc1. The highest BCUT2D eigenvalue weighted by Gasteiger charge is 2.51. The van der Waals surface area contributed by atoms with Crippen LogP contribution in [0.4, 0.5) is 0 Å². The van der Waals surface area contributed by atoms with E-state index in [1.165, 1.54) is 66.8 Å². The van der Waals surface area contributed by atoms with Crippen molar-refractivity contribution >= 4 is 11.5 Å². The predicted molar refractivity (Wildman–Crippen MR) is 257 cm³/mol. The minimum absolute atomic E-state index is 0.270. The van der Waals surface area contributed by atoms with E-state index >= 15 is 0 Å². The van der Waals surface area contributed by atoms with Gasteiger partial charge in [0.25, 0.3) is 0 Å². The van der Waals surface area contributed by atoms with Gasteiger partial charge in [-0.25, -0.2) is 4.99 Å². The lowest BCUT2D eigenvalue weighted by Gasteiger charge is -2.30. The van der Waals surface area contributed by atoms with Crippen LogP contribution in [-0.4, -0.2) is 11.5 Å². The zero-order valence-corrected chi connectivity index (χ0v) is 34.0. The fraction of sp³-hybridized carbons (Fsp3) is 0.0333. The first kappa shape index (κ1) is 36.0. The minimum Gasteiger partial charge on any atom is -0.253 e. The molecule has 2 nitrogen and oxygen atoms in total. The van der Waals surface area contributed by atoms with E-state index in [9.17, 15) is 0 Å². The summed E-state index contributed by atoms with van der Waals surface area (Å²) in [5.41, 5.74) is 22.4. The minimum atomic E-state index is -0.355. The fourth-order valence-corrected chi connectivity index (χ4v) is 10.3. The van der Waals surface area contributed by atoms with Crippen LogP contribution in [0.2, 0.25) is 0 Å². The van der Waals surface area contributed by atoms with Crippen molar-refractivity contribution in [1.82, 2.24) is 0 Å². The molecule has 9 aromatic rings. The van der Waals surface area contributed by atoms with Crippen LogP contribution in [0, 0.1) is 0 Å². The number of aliphatic imine (C=N–C) groups is 2. The van der Waals surface area contributed by atoms with E-state index in [1.54, 1.807) is 0 Å². The van der Waals surface area contributed by atoms with Gasteiger partial charge < -0.3 is 0 Å². The largest absolute Gasteiger partial charge is 0.253 e. The van der Waals surface area contributed by atoms with Gasteiger partial charge in [-0.1, -0.05) is 231 Å². The molecule has 0 radical (unpaired) electrons. The molecule has 12 rings (SSSR count). The molecule has 9 aromatic carbocycles. The highest BCUT2D eigenvalue weighted by molar-refractivity contribution is 6.21. The van der Waals surface area contributed by atoms with Gasteiger partial charge >= 0.3 is 0 Å². The number of fused-ring (bicyclic) bond motifs is 10. The molecule has 0 amide bonds. The molecule has 1 unspecified atom stereocenters. The molecule has 2 heteroatoms. The molecular weight excluding hydrogens is 749 g/mol. The molecule has 290 valence electrons. The summed E-state index contributed by atoms with van der Waals surface area (Å²) < 4.78 is 0. The Morgan fingerprint density at radius 3 is 1.35 bits per heavy atom. The molecule has 1 atom stereocenters. The lowest BCUT2D eigenvalue weighted by Crippen LogP contribution is -2.25. The van der Waals surface area contributed by atoms with Crippen LogP contribution in [0.1, 0.15) is 45.0 Å². The Hall–Kier alpha value is -7.94. The zero-order chi connectivity index (χ0) is 41.2. The molecule has 3 aliphatic rings. The van der Waals surface area contributed by atoms with Gasteiger partial charge in [0, 0.05) is 16.7 Å². The molecule has 0 fully saturated rings. The Labute approximate surface area is 362 Å². The van der Waals surface area contributed by atoms with Gasteiger partial charge in [-0.3, -0.25) is 4.99 Å². The lowest BCUT2D eigenvalue weighted by molar-refractivity contribution is 0.794. The quantitative estimate of drug-likeness (QED) is 0.160. The van der Waals surface area contributed by atoms with E-state index in [-0.39, 0.29) is 11.5 Å². The fourth-order valence-electron chi connectivity index (χ4n) is 10.3. The van der Waals surface area contributed by atoms with Crippen LogP contribution in [0.25, 0.3) is 55.6 Å². The molecule has 2 aliphatic carbocycles. The Morgan fingerprint density at radius 1 is 0.339 bits per heavy atom. The van der Waals surface area contributed by atoms with Crippen molar-refractivity contribution in [2.75, 3.05) is 0 Å². The Morgan fingerprint density at radius 2 is 0.758 bits per heavy atom. The first-order valence-corrected chi connectivity index (χ1v) is 21.4. The summed E-state index contributed by atoms with van der Waals surface area (Å²) >= 11 is 0. The van der Waals surface area contributed by atoms with Crippen LogP contribution in [0.3, 0.4) is 0 Å². The normalized spacial score (nSPS) is 15.3. The van der Waals surface area contributed by atoms with E-state index < -0.39 is 0 Å². The van der Waals surface area contributed by atoms with Crippen molar-refractivity contribution in [3.63, 3.8) is 0 Å². The van der Waals surface area contributed by atoms with Crippen molar-refractivity contribution in [3.8, 4) is 55.6 Å². The second kappa shape index (κ2) is 14.4. The number of hydrogen-bond donors (Lipinski definition) is 0. The van der Waals surface area contributed by atoms with Gasteiger partial charge in [0.05, 0.1) is 11.1 Å². The lowest BCUT2D eigenvalue weighted by atomic mass is 9.70. The third-order valence-electron chi connectivity index (χ3n) is 13.2. The van der Waals surface area contributed by atoms with Gasteiger partial charge in [0.1, 0.15) is 6.04 Å². The summed E-state index contributed by atoms with van der Waals surface area (Å²) in [5, 5.41) is 0. The second-order valence-corrected chi connectivity index (χ2v) is 16.5. The molecule has 1 heterocycles. The summed E-state index contributed by atoms with van der Waals surface area (Å²) in [5.74, 6) is 0.711. The summed E-state index contributed by atoms with van der Waals surface area (Å²) in [7, 11) is 0. The monoisotopic (exact) mass is 788 g/mol. The maximum absolute atomic E-state index is 5.25. The summed E-state index contributed by atoms with van der Waals surface area (Å²) in [6, 6.07) is 80.9. The molecule has 62 heavy (non-hydrogen) atoms. The summed E-state index contributed by atoms with van der Waals surface area (Å²) in [6.07, 6.45) is 0. The van der Waals surface area contributed by atoms with Gasteiger partial charge in [0.2, 0.25) is 0 Å². The van der Waals surface area contributed by atoms with E-state index in [1.807, 2.05) is 12.1 Å². The maximum Gasteiger partial charge on any atom is 0.156 e. The van der Waals surface area contributed by atoms with Crippen molar-refractivity contribution in [2.45, 2.75) is 11.5 Å². The Balaban J connectivity index is 0.882. The average Bonchev–Trinajstić information content (AvgIpc) is 3.83. The van der Waals surface area contributed by atoms with Gasteiger partial charge in [-0.05, 0) is 83.5 Å².